The van der Waals surface area contributed by atoms with Crippen molar-refractivity contribution in [2.24, 2.45) is 0 Å². The number of hydrogen-bond donors (Lipinski definition) is 1. The van der Waals surface area contributed by atoms with E-state index < -0.39 is 0 Å². The number of esters is 1. The van der Waals surface area contributed by atoms with E-state index in [2.05, 4.69) is 4.74 Å². The third-order valence-electron chi connectivity index (χ3n) is 3.31. The average Bonchev–Trinajstić information content (AvgIpc) is 2.60. The van der Waals surface area contributed by atoms with E-state index in [-0.39, 0.29) is 50.8 Å². The third-order valence-corrected chi connectivity index (χ3v) is 3.31. The maximum Gasteiger partial charge on any atom is 0.307 e. The van der Waals surface area contributed by atoms with E-state index in [1.54, 1.807) is 24.3 Å². The number of carbonyl (C=O) groups excluding carboxylic acids is 2. The summed E-state index contributed by atoms with van der Waals surface area (Å²) in [6.45, 7) is 4.83. The summed E-state index contributed by atoms with van der Waals surface area (Å²) in [5, 5.41) is 8.74. The van der Waals surface area contributed by atoms with Crippen molar-refractivity contribution in [1.82, 2.24) is 4.90 Å². The lowest BCUT2D eigenvalue weighted by Gasteiger charge is -2.22. The van der Waals surface area contributed by atoms with Gasteiger partial charge in [0.25, 0.3) is 5.91 Å². The van der Waals surface area contributed by atoms with Crippen LogP contribution in [-0.4, -0.2) is 68.0 Å². The largest absolute Gasteiger partial charge is 0.491 e. The van der Waals surface area contributed by atoms with Gasteiger partial charge < -0.3 is 24.2 Å². The van der Waals surface area contributed by atoms with E-state index in [0.717, 1.165) is 0 Å². The van der Waals surface area contributed by atoms with Gasteiger partial charge in [0.15, 0.2) is 0 Å². The van der Waals surface area contributed by atoms with Crippen LogP contribution in [0.4, 0.5) is 0 Å². The molecule has 0 radical (unpaired) electrons. The molecular weight excluding hydrogens is 326 g/mol. The maximum absolute atomic E-state index is 12.7. The van der Waals surface area contributed by atoms with Crippen molar-refractivity contribution in [3.63, 3.8) is 0 Å². The minimum absolute atomic E-state index is 0.0572. The van der Waals surface area contributed by atoms with Crippen molar-refractivity contribution in [2.45, 2.75) is 26.4 Å². The molecule has 0 aliphatic carbocycles. The standard InChI is InChI=1S/C18H27NO6/c1-14(2)25-16-6-4-15(5-7-16)18(22)19(9-8-17(21)23-3)10-12-24-13-11-20/h4-7,14,20H,8-13H2,1-3H3. The number of rotatable bonds is 11. The molecule has 0 aliphatic heterocycles. The van der Waals surface area contributed by atoms with Gasteiger partial charge in [0.1, 0.15) is 5.75 Å². The Hall–Kier alpha value is -2.12. The summed E-state index contributed by atoms with van der Waals surface area (Å²) in [5.74, 6) is 0.112. The van der Waals surface area contributed by atoms with Crippen molar-refractivity contribution < 1.29 is 28.9 Å². The Morgan fingerprint density at radius 2 is 1.80 bits per heavy atom. The number of aliphatic hydroxyl groups is 1. The molecule has 140 valence electrons. The molecule has 0 bridgehead atoms. The fourth-order valence-corrected chi connectivity index (χ4v) is 2.12. The average molecular weight is 353 g/mol. The molecule has 1 rings (SSSR count). The minimum Gasteiger partial charge on any atom is -0.491 e. The van der Waals surface area contributed by atoms with Crippen LogP contribution in [0.1, 0.15) is 30.6 Å². The number of methoxy groups -OCH3 is 1. The molecule has 0 saturated carbocycles. The Balaban J connectivity index is 2.73. The van der Waals surface area contributed by atoms with Gasteiger partial charge in [-0.1, -0.05) is 0 Å². The highest BCUT2D eigenvalue weighted by Gasteiger charge is 2.17. The van der Waals surface area contributed by atoms with E-state index >= 15 is 0 Å². The predicted octanol–water partition coefficient (Wildman–Crippen LogP) is 1.49. The Morgan fingerprint density at radius 1 is 1.12 bits per heavy atom. The summed E-state index contributed by atoms with van der Waals surface area (Å²) in [4.78, 5) is 25.6. The number of benzene rings is 1. The van der Waals surface area contributed by atoms with Crippen LogP contribution in [0.2, 0.25) is 0 Å². The van der Waals surface area contributed by atoms with Crippen molar-refractivity contribution in [3.8, 4) is 5.75 Å². The zero-order valence-corrected chi connectivity index (χ0v) is 15.1. The van der Waals surface area contributed by atoms with E-state index in [1.807, 2.05) is 13.8 Å². The molecule has 1 aromatic carbocycles. The summed E-state index contributed by atoms with van der Waals surface area (Å²) in [6.07, 6.45) is 0.165. The number of ether oxygens (including phenoxy) is 3. The Morgan fingerprint density at radius 3 is 2.36 bits per heavy atom. The second kappa shape index (κ2) is 11.4. The zero-order chi connectivity index (χ0) is 18.7. The highest BCUT2D eigenvalue weighted by atomic mass is 16.5. The van der Waals surface area contributed by atoms with Gasteiger partial charge in [-0.05, 0) is 38.1 Å². The first-order valence-electron chi connectivity index (χ1n) is 8.29. The number of nitrogens with zero attached hydrogens (tertiary/aromatic N) is 1. The first-order valence-corrected chi connectivity index (χ1v) is 8.29. The molecular formula is C18H27NO6. The van der Waals surface area contributed by atoms with Gasteiger partial charge in [0.2, 0.25) is 0 Å². The van der Waals surface area contributed by atoms with Crippen LogP contribution in [0.5, 0.6) is 5.75 Å². The van der Waals surface area contributed by atoms with Gasteiger partial charge in [-0.15, -0.1) is 0 Å². The molecule has 0 unspecified atom stereocenters. The Bertz CT molecular complexity index is 529. The van der Waals surface area contributed by atoms with Gasteiger partial charge in [-0.3, -0.25) is 9.59 Å². The highest BCUT2D eigenvalue weighted by Crippen LogP contribution is 2.15. The molecule has 0 spiro atoms. The molecule has 7 nitrogen and oxygen atoms in total. The van der Waals surface area contributed by atoms with Gasteiger partial charge in [0.05, 0.1) is 39.5 Å². The Kier molecular flexibility index (Phi) is 9.57. The van der Waals surface area contributed by atoms with Gasteiger partial charge >= 0.3 is 5.97 Å². The topological polar surface area (TPSA) is 85.3 Å². The van der Waals surface area contributed by atoms with Gasteiger partial charge in [0, 0.05) is 18.7 Å². The van der Waals surface area contributed by atoms with Crippen LogP contribution in [0, 0.1) is 0 Å². The second-order valence-corrected chi connectivity index (χ2v) is 5.65. The van der Waals surface area contributed by atoms with Crippen LogP contribution < -0.4 is 4.74 Å². The molecule has 0 heterocycles. The first kappa shape index (κ1) is 20.9. The number of hydrogen-bond acceptors (Lipinski definition) is 6. The van der Waals surface area contributed by atoms with Crippen molar-refractivity contribution in [2.75, 3.05) is 40.0 Å². The molecule has 1 aromatic rings. The van der Waals surface area contributed by atoms with Crippen LogP contribution in [0.3, 0.4) is 0 Å². The van der Waals surface area contributed by atoms with Crippen LogP contribution >= 0.6 is 0 Å². The zero-order valence-electron chi connectivity index (χ0n) is 15.1. The van der Waals surface area contributed by atoms with Gasteiger partial charge in [-0.2, -0.15) is 0 Å². The quantitative estimate of drug-likeness (QED) is 0.479. The maximum atomic E-state index is 12.7. The summed E-state index contributed by atoms with van der Waals surface area (Å²) in [5.41, 5.74) is 0.503. The summed E-state index contributed by atoms with van der Waals surface area (Å²) < 4.78 is 15.4. The number of aliphatic hydroxyl groups excluding tert-OH is 1. The smallest absolute Gasteiger partial charge is 0.307 e. The molecule has 25 heavy (non-hydrogen) atoms. The van der Waals surface area contributed by atoms with E-state index in [4.69, 9.17) is 14.6 Å². The summed E-state index contributed by atoms with van der Waals surface area (Å²) in [6, 6.07) is 6.88. The van der Waals surface area contributed by atoms with E-state index in [0.29, 0.717) is 17.9 Å². The molecule has 0 aliphatic rings. The fraction of sp³-hybridized carbons (Fsp3) is 0.556. The minimum atomic E-state index is -0.380. The first-order chi connectivity index (χ1) is 12.0. The molecule has 0 aromatic heterocycles. The molecule has 7 heteroatoms. The lowest BCUT2D eigenvalue weighted by Crippen LogP contribution is -2.36. The predicted molar refractivity (Wildman–Crippen MR) is 92.6 cm³/mol. The third kappa shape index (κ3) is 8.00. The SMILES string of the molecule is COC(=O)CCN(CCOCCO)C(=O)c1ccc(OC(C)C)cc1. The van der Waals surface area contributed by atoms with Crippen molar-refractivity contribution in [3.05, 3.63) is 29.8 Å². The van der Waals surface area contributed by atoms with Gasteiger partial charge in [-0.25, -0.2) is 0 Å². The van der Waals surface area contributed by atoms with Crippen molar-refractivity contribution >= 4 is 11.9 Å². The number of carbonyl (C=O) groups is 2. The molecule has 1 amide bonds. The van der Waals surface area contributed by atoms with Crippen LogP contribution in [-0.2, 0) is 14.3 Å². The lowest BCUT2D eigenvalue weighted by atomic mass is 10.2. The lowest BCUT2D eigenvalue weighted by molar-refractivity contribution is -0.140. The normalized spacial score (nSPS) is 10.6. The molecule has 0 saturated heterocycles. The number of amides is 1. The molecule has 0 fully saturated rings. The van der Waals surface area contributed by atoms with Crippen LogP contribution in [0.15, 0.2) is 24.3 Å². The second-order valence-electron chi connectivity index (χ2n) is 5.65. The summed E-state index contributed by atoms with van der Waals surface area (Å²) >= 11 is 0. The van der Waals surface area contributed by atoms with Crippen molar-refractivity contribution in [1.29, 1.82) is 0 Å². The van der Waals surface area contributed by atoms with Crippen LogP contribution in [0.25, 0.3) is 0 Å². The van der Waals surface area contributed by atoms with E-state index in [1.165, 1.54) is 12.0 Å². The fourth-order valence-electron chi connectivity index (χ4n) is 2.12. The highest BCUT2D eigenvalue weighted by molar-refractivity contribution is 5.94. The van der Waals surface area contributed by atoms with E-state index in [9.17, 15) is 9.59 Å². The molecule has 0 atom stereocenters. The summed E-state index contributed by atoms with van der Waals surface area (Å²) in [7, 11) is 1.31. The monoisotopic (exact) mass is 353 g/mol. The molecule has 1 N–H and O–H groups in total. The Labute approximate surface area is 148 Å².